The van der Waals surface area contributed by atoms with E-state index in [0.717, 1.165) is 43.2 Å². The first-order valence-electron chi connectivity index (χ1n) is 8.81. The van der Waals surface area contributed by atoms with Gasteiger partial charge in [0.15, 0.2) is 5.96 Å². The van der Waals surface area contributed by atoms with Crippen LogP contribution in [0.15, 0.2) is 47.6 Å². The monoisotopic (exact) mass is 502 g/mol. The van der Waals surface area contributed by atoms with Gasteiger partial charge in [-0.15, -0.1) is 24.0 Å². The third kappa shape index (κ3) is 8.34. The number of methoxy groups -OCH3 is 1. The molecule has 0 radical (unpaired) electrons. The standard InChI is InChI=1S/C20H27ClN4O.HI/c1-15(17-5-7-18(26-3)8-6-17)10-12-23-20(22-2)24-13-11-16-4-9-19(21)25-14-16;/h4-9,14-15H,10-13H2,1-3H3,(H2,22,23,24);1H. The van der Waals surface area contributed by atoms with Crippen molar-refractivity contribution in [2.24, 2.45) is 4.99 Å². The van der Waals surface area contributed by atoms with Gasteiger partial charge in [-0.05, 0) is 48.1 Å². The van der Waals surface area contributed by atoms with Gasteiger partial charge < -0.3 is 15.4 Å². The average Bonchev–Trinajstić information content (AvgIpc) is 2.68. The molecule has 2 rings (SSSR count). The number of aliphatic imine (C=N–C) groups is 1. The maximum Gasteiger partial charge on any atom is 0.190 e. The minimum atomic E-state index is 0. The van der Waals surface area contributed by atoms with Gasteiger partial charge in [-0.3, -0.25) is 4.99 Å². The molecule has 0 spiro atoms. The van der Waals surface area contributed by atoms with E-state index in [0.29, 0.717) is 11.1 Å². The summed E-state index contributed by atoms with van der Waals surface area (Å²) in [4.78, 5) is 8.36. The Bertz CT molecular complexity index is 692. The molecule has 0 saturated heterocycles. The van der Waals surface area contributed by atoms with Crippen LogP contribution >= 0.6 is 35.6 Å². The van der Waals surface area contributed by atoms with Crippen molar-refractivity contribution in [2.75, 3.05) is 27.2 Å². The van der Waals surface area contributed by atoms with E-state index in [1.165, 1.54) is 5.56 Å². The molecule has 1 atom stereocenters. The lowest BCUT2D eigenvalue weighted by molar-refractivity contribution is 0.414. The molecule has 2 aromatic rings. The Labute approximate surface area is 184 Å². The topological polar surface area (TPSA) is 58.5 Å². The smallest absolute Gasteiger partial charge is 0.190 e. The van der Waals surface area contributed by atoms with Crippen molar-refractivity contribution < 1.29 is 4.74 Å². The molecule has 1 heterocycles. The zero-order chi connectivity index (χ0) is 18.8. The number of hydrogen-bond acceptors (Lipinski definition) is 3. The highest BCUT2D eigenvalue weighted by molar-refractivity contribution is 14.0. The SMILES string of the molecule is CN=C(NCCc1ccc(Cl)nc1)NCCC(C)c1ccc(OC)cc1.I. The molecule has 0 aliphatic heterocycles. The predicted molar refractivity (Wildman–Crippen MR) is 124 cm³/mol. The van der Waals surface area contributed by atoms with Crippen molar-refractivity contribution in [3.63, 3.8) is 0 Å². The van der Waals surface area contributed by atoms with Crippen molar-refractivity contribution in [1.82, 2.24) is 15.6 Å². The average molecular weight is 503 g/mol. The van der Waals surface area contributed by atoms with Crippen LogP contribution < -0.4 is 15.4 Å². The molecule has 0 amide bonds. The largest absolute Gasteiger partial charge is 0.497 e. The number of pyridine rings is 1. The summed E-state index contributed by atoms with van der Waals surface area (Å²) < 4.78 is 5.20. The van der Waals surface area contributed by atoms with E-state index in [2.05, 4.69) is 39.7 Å². The Kier molecular flexibility index (Phi) is 11.1. The number of ether oxygens (including phenoxy) is 1. The third-order valence-corrected chi connectivity index (χ3v) is 4.50. The summed E-state index contributed by atoms with van der Waals surface area (Å²) in [7, 11) is 3.47. The molecule has 27 heavy (non-hydrogen) atoms. The van der Waals surface area contributed by atoms with Gasteiger partial charge in [0.25, 0.3) is 0 Å². The molecule has 2 N–H and O–H groups in total. The quantitative estimate of drug-likeness (QED) is 0.245. The third-order valence-electron chi connectivity index (χ3n) is 4.27. The summed E-state index contributed by atoms with van der Waals surface area (Å²) >= 11 is 5.80. The van der Waals surface area contributed by atoms with Crippen molar-refractivity contribution in [2.45, 2.75) is 25.7 Å². The van der Waals surface area contributed by atoms with Crippen LogP contribution in [0.2, 0.25) is 5.15 Å². The zero-order valence-corrected chi connectivity index (χ0v) is 19.1. The van der Waals surface area contributed by atoms with Crippen molar-refractivity contribution in [3.05, 3.63) is 58.9 Å². The molecule has 1 aromatic heterocycles. The lowest BCUT2D eigenvalue weighted by Gasteiger charge is -2.15. The van der Waals surface area contributed by atoms with Gasteiger partial charge in [0.2, 0.25) is 0 Å². The number of nitrogens with one attached hydrogen (secondary N) is 2. The minimum Gasteiger partial charge on any atom is -0.497 e. The summed E-state index contributed by atoms with van der Waals surface area (Å²) in [6, 6.07) is 12.1. The molecular formula is C20H28ClIN4O. The number of hydrogen-bond donors (Lipinski definition) is 2. The molecule has 5 nitrogen and oxygen atoms in total. The molecular weight excluding hydrogens is 475 g/mol. The Morgan fingerprint density at radius 1 is 1.15 bits per heavy atom. The fourth-order valence-corrected chi connectivity index (χ4v) is 2.72. The van der Waals surface area contributed by atoms with Crippen LogP contribution in [0, 0.1) is 0 Å². The van der Waals surface area contributed by atoms with E-state index < -0.39 is 0 Å². The van der Waals surface area contributed by atoms with Crippen LogP contribution in [0.4, 0.5) is 0 Å². The summed E-state index contributed by atoms with van der Waals surface area (Å²) in [6.45, 7) is 3.87. The second-order valence-corrected chi connectivity index (χ2v) is 6.52. The first-order chi connectivity index (χ1) is 12.6. The summed E-state index contributed by atoms with van der Waals surface area (Å²) in [5.41, 5.74) is 2.45. The van der Waals surface area contributed by atoms with Gasteiger partial charge in [-0.1, -0.05) is 36.7 Å². The zero-order valence-electron chi connectivity index (χ0n) is 16.0. The van der Waals surface area contributed by atoms with Crippen molar-refractivity contribution in [1.29, 1.82) is 0 Å². The van der Waals surface area contributed by atoms with E-state index >= 15 is 0 Å². The van der Waals surface area contributed by atoms with Gasteiger partial charge in [-0.25, -0.2) is 4.98 Å². The minimum absolute atomic E-state index is 0. The van der Waals surface area contributed by atoms with Crippen LogP contribution in [0.25, 0.3) is 0 Å². The second-order valence-electron chi connectivity index (χ2n) is 6.13. The Hall–Kier alpha value is -1.54. The first-order valence-corrected chi connectivity index (χ1v) is 9.19. The maximum absolute atomic E-state index is 5.80. The van der Waals surface area contributed by atoms with Gasteiger partial charge in [0, 0.05) is 26.3 Å². The number of nitrogens with zero attached hydrogens (tertiary/aromatic N) is 2. The molecule has 1 aromatic carbocycles. The van der Waals surface area contributed by atoms with Crippen LogP contribution in [0.3, 0.4) is 0 Å². The van der Waals surface area contributed by atoms with E-state index in [1.807, 2.05) is 24.3 Å². The van der Waals surface area contributed by atoms with E-state index in [-0.39, 0.29) is 24.0 Å². The van der Waals surface area contributed by atoms with Gasteiger partial charge in [0.05, 0.1) is 7.11 Å². The van der Waals surface area contributed by atoms with Gasteiger partial charge >= 0.3 is 0 Å². The van der Waals surface area contributed by atoms with Crippen LogP contribution in [0.5, 0.6) is 5.75 Å². The number of halogens is 2. The highest BCUT2D eigenvalue weighted by Gasteiger charge is 2.06. The van der Waals surface area contributed by atoms with Crippen molar-refractivity contribution in [3.8, 4) is 5.75 Å². The molecule has 0 saturated carbocycles. The summed E-state index contributed by atoms with van der Waals surface area (Å²) in [5, 5.41) is 7.21. The Morgan fingerprint density at radius 2 is 1.85 bits per heavy atom. The predicted octanol–water partition coefficient (Wildman–Crippen LogP) is 4.26. The molecule has 148 valence electrons. The highest BCUT2D eigenvalue weighted by Crippen LogP contribution is 2.21. The molecule has 0 aliphatic rings. The molecule has 0 bridgehead atoms. The lowest BCUT2D eigenvalue weighted by atomic mass is 9.98. The van der Waals surface area contributed by atoms with Gasteiger partial charge in [0.1, 0.15) is 10.9 Å². The maximum atomic E-state index is 5.80. The van der Waals surface area contributed by atoms with E-state index in [1.54, 1.807) is 20.4 Å². The lowest BCUT2D eigenvalue weighted by Crippen LogP contribution is -2.39. The summed E-state index contributed by atoms with van der Waals surface area (Å²) in [6.07, 6.45) is 3.69. The van der Waals surface area contributed by atoms with Crippen LogP contribution in [-0.4, -0.2) is 38.2 Å². The Balaban J connectivity index is 0.00000364. The molecule has 0 aliphatic carbocycles. The highest BCUT2D eigenvalue weighted by atomic mass is 127. The number of benzene rings is 1. The van der Waals surface area contributed by atoms with Crippen LogP contribution in [0.1, 0.15) is 30.4 Å². The molecule has 7 heteroatoms. The Morgan fingerprint density at radius 3 is 2.44 bits per heavy atom. The van der Waals surface area contributed by atoms with E-state index in [9.17, 15) is 0 Å². The normalized spacial score (nSPS) is 12.1. The first kappa shape index (κ1) is 23.5. The summed E-state index contributed by atoms with van der Waals surface area (Å²) in [5.74, 6) is 2.17. The molecule has 0 fully saturated rings. The number of rotatable bonds is 8. The number of aromatic nitrogens is 1. The van der Waals surface area contributed by atoms with Crippen molar-refractivity contribution >= 4 is 41.5 Å². The number of guanidine groups is 1. The fourth-order valence-electron chi connectivity index (χ4n) is 2.61. The van der Waals surface area contributed by atoms with Crippen LogP contribution in [-0.2, 0) is 6.42 Å². The van der Waals surface area contributed by atoms with E-state index in [4.69, 9.17) is 16.3 Å². The second kappa shape index (κ2) is 12.8. The molecule has 1 unspecified atom stereocenters. The fraction of sp³-hybridized carbons (Fsp3) is 0.400. The van der Waals surface area contributed by atoms with Gasteiger partial charge in [-0.2, -0.15) is 0 Å².